The van der Waals surface area contributed by atoms with E-state index in [0.717, 1.165) is 56.7 Å². The Morgan fingerprint density at radius 1 is 1.19 bits per heavy atom. The quantitative estimate of drug-likeness (QED) is 0.318. The minimum absolute atomic E-state index is 0.0666. The highest BCUT2D eigenvalue weighted by Gasteiger charge is 2.14. The lowest BCUT2D eigenvalue weighted by Crippen LogP contribution is -2.30. The highest BCUT2D eigenvalue weighted by Crippen LogP contribution is 2.29. The number of benzene rings is 2. The van der Waals surface area contributed by atoms with Crippen molar-refractivity contribution in [3.63, 3.8) is 0 Å². The van der Waals surface area contributed by atoms with E-state index >= 15 is 0 Å². The molecule has 5 nitrogen and oxygen atoms in total. The number of ketones is 1. The second-order valence-corrected chi connectivity index (χ2v) is 7.87. The number of nitrogens with zero attached hydrogens (tertiary/aromatic N) is 2. The number of Topliss-reactive ketones (excluding diaryl/α,β-unsaturated/α-hetero) is 1. The van der Waals surface area contributed by atoms with Crippen LogP contribution in [-0.4, -0.2) is 50.4 Å². The minimum atomic E-state index is -0.202. The van der Waals surface area contributed by atoms with Gasteiger partial charge in [0.05, 0.1) is 5.69 Å². The van der Waals surface area contributed by atoms with Crippen LogP contribution in [-0.2, 0) is 4.79 Å². The first-order valence-corrected chi connectivity index (χ1v) is 10.6. The first-order chi connectivity index (χ1) is 15.0. The molecule has 0 spiro atoms. The number of anilines is 1. The zero-order chi connectivity index (χ0) is 22.2. The zero-order valence-corrected chi connectivity index (χ0v) is 18.1. The molecule has 0 atom stereocenters. The van der Waals surface area contributed by atoms with E-state index < -0.39 is 0 Å². The summed E-state index contributed by atoms with van der Waals surface area (Å²) in [5, 5.41) is 0. The Morgan fingerprint density at radius 3 is 2.61 bits per heavy atom. The van der Waals surface area contributed by atoms with E-state index in [1.54, 1.807) is 12.1 Å². The molecule has 1 aliphatic rings. The molecule has 3 rings (SSSR count). The summed E-state index contributed by atoms with van der Waals surface area (Å²) in [6.07, 6.45) is 5.26. The van der Waals surface area contributed by atoms with Crippen LogP contribution in [0.15, 0.2) is 48.5 Å². The summed E-state index contributed by atoms with van der Waals surface area (Å²) in [5.74, 6) is 0.134. The van der Waals surface area contributed by atoms with Gasteiger partial charge in [0.2, 0.25) is 0 Å². The summed E-state index contributed by atoms with van der Waals surface area (Å²) in [5.41, 5.74) is 3.70. The second kappa shape index (κ2) is 10.9. The lowest BCUT2D eigenvalue weighted by molar-refractivity contribution is -0.120. The molecule has 0 N–H and O–H groups in total. The van der Waals surface area contributed by atoms with Crippen molar-refractivity contribution in [2.75, 3.05) is 38.1 Å². The van der Waals surface area contributed by atoms with Gasteiger partial charge in [0.25, 0.3) is 6.47 Å². The lowest BCUT2D eigenvalue weighted by Gasteiger charge is -2.27. The van der Waals surface area contributed by atoms with E-state index in [9.17, 15) is 14.0 Å². The number of halogens is 1. The van der Waals surface area contributed by atoms with E-state index in [4.69, 9.17) is 4.74 Å². The molecule has 0 amide bonds. The Hall–Kier alpha value is -2.99. The average Bonchev–Trinajstić information content (AvgIpc) is 2.77. The Labute approximate surface area is 183 Å². The van der Waals surface area contributed by atoms with Crippen molar-refractivity contribution in [2.45, 2.75) is 26.2 Å². The Bertz CT molecular complexity index is 940. The third kappa shape index (κ3) is 6.25. The molecule has 0 aliphatic carbocycles. The zero-order valence-electron chi connectivity index (χ0n) is 18.1. The first kappa shape index (κ1) is 22.7. The number of hydrogen-bond donors (Lipinski definition) is 0. The van der Waals surface area contributed by atoms with Gasteiger partial charge in [0.1, 0.15) is 5.82 Å². The lowest BCUT2D eigenvalue weighted by atomic mass is 9.99. The SMILES string of the molecule is CC(=O)c1ccc(N(C)CCCCN2CC=C(c3ccc(F)cc3)CC2)c(OC=O)c1. The number of rotatable bonds is 10. The van der Waals surface area contributed by atoms with Crippen molar-refractivity contribution >= 4 is 23.5 Å². The van der Waals surface area contributed by atoms with Gasteiger partial charge < -0.3 is 9.64 Å². The summed E-state index contributed by atoms with van der Waals surface area (Å²) >= 11 is 0. The molecule has 0 saturated heterocycles. The predicted molar refractivity (Wildman–Crippen MR) is 121 cm³/mol. The van der Waals surface area contributed by atoms with E-state index in [0.29, 0.717) is 17.8 Å². The number of unbranched alkanes of at least 4 members (excludes halogenated alkanes) is 1. The molecule has 2 aromatic rings. The molecule has 164 valence electrons. The van der Waals surface area contributed by atoms with Gasteiger partial charge in [-0.05, 0) is 74.2 Å². The summed E-state index contributed by atoms with van der Waals surface area (Å²) in [6.45, 7) is 5.62. The molecule has 0 radical (unpaired) electrons. The van der Waals surface area contributed by atoms with Crippen LogP contribution in [0.3, 0.4) is 0 Å². The van der Waals surface area contributed by atoms with E-state index in [-0.39, 0.29) is 11.6 Å². The van der Waals surface area contributed by atoms with Gasteiger partial charge in [0.15, 0.2) is 11.5 Å². The Morgan fingerprint density at radius 2 is 1.97 bits per heavy atom. The molecule has 0 saturated carbocycles. The fourth-order valence-corrected chi connectivity index (χ4v) is 3.84. The summed E-state index contributed by atoms with van der Waals surface area (Å²) in [4.78, 5) is 26.9. The first-order valence-electron chi connectivity index (χ1n) is 10.6. The van der Waals surface area contributed by atoms with Crippen LogP contribution >= 0.6 is 0 Å². The molecule has 0 fully saturated rings. The van der Waals surface area contributed by atoms with E-state index in [2.05, 4.69) is 11.0 Å². The molecule has 31 heavy (non-hydrogen) atoms. The smallest absolute Gasteiger partial charge is 0.298 e. The highest BCUT2D eigenvalue weighted by atomic mass is 19.1. The van der Waals surface area contributed by atoms with Crippen LogP contribution in [0.1, 0.15) is 42.1 Å². The van der Waals surface area contributed by atoms with Crippen molar-refractivity contribution in [3.05, 3.63) is 65.5 Å². The van der Waals surface area contributed by atoms with Gasteiger partial charge in [-0.3, -0.25) is 14.5 Å². The predicted octanol–water partition coefficient (Wildman–Crippen LogP) is 4.57. The minimum Gasteiger partial charge on any atom is -0.427 e. The van der Waals surface area contributed by atoms with Crippen molar-refractivity contribution in [3.8, 4) is 5.75 Å². The van der Waals surface area contributed by atoms with E-state index in [1.165, 1.54) is 24.6 Å². The van der Waals surface area contributed by atoms with Crippen LogP contribution < -0.4 is 9.64 Å². The standard InChI is InChI=1S/C25H29FN2O3/c1-19(30)22-7-10-24(25(17-22)31-18-29)27(2)13-3-4-14-28-15-11-21(12-16-28)20-5-8-23(26)9-6-20/h5-11,17-18H,3-4,12-16H2,1-2H3. The fourth-order valence-electron chi connectivity index (χ4n) is 3.84. The maximum atomic E-state index is 13.1. The Kier molecular flexibility index (Phi) is 7.95. The van der Waals surface area contributed by atoms with Gasteiger partial charge >= 0.3 is 0 Å². The molecule has 1 heterocycles. The molecule has 0 unspecified atom stereocenters. The summed E-state index contributed by atoms with van der Waals surface area (Å²) in [7, 11) is 1.96. The van der Waals surface area contributed by atoms with Crippen LogP contribution in [0.4, 0.5) is 10.1 Å². The molecule has 1 aliphatic heterocycles. The molecule has 2 aromatic carbocycles. The third-order valence-electron chi connectivity index (χ3n) is 5.68. The number of carbonyl (C=O) groups excluding carboxylic acids is 2. The molecule has 0 bridgehead atoms. The number of carbonyl (C=O) groups is 2. The highest BCUT2D eigenvalue weighted by molar-refractivity contribution is 5.95. The Balaban J connectivity index is 1.46. The summed E-state index contributed by atoms with van der Waals surface area (Å²) in [6, 6.07) is 11.9. The van der Waals surface area contributed by atoms with Crippen LogP contribution in [0, 0.1) is 5.82 Å². The molecular formula is C25H29FN2O3. The monoisotopic (exact) mass is 424 g/mol. The molecule has 6 heteroatoms. The largest absolute Gasteiger partial charge is 0.427 e. The number of hydrogen-bond acceptors (Lipinski definition) is 5. The van der Waals surface area contributed by atoms with Gasteiger partial charge in [-0.1, -0.05) is 18.2 Å². The molecule has 0 aromatic heterocycles. The van der Waals surface area contributed by atoms with Gasteiger partial charge in [-0.2, -0.15) is 0 Å². The van der Waals surface area contributed by atoms with Gasteiger partial charge in [-0.25, -0.2) is 4.39 Å². The van der Waals surface area contributed by atoms with Crippen molar-refractivity contribution in [1.82, 2.24) is 4.90 Å². The molecular weight excluding hydrogens is 395 g/mol. The summed E-state index contributed by atoms with van der Waals surface area (Å²) < 4.78 is 18.2. The normalized spacial score (nSPS) is 14.1. The fraction of sp³-hybridized carbons (Fsp3) is 0.360. The van der Waals surface area contributed by atoms with Crippen molar-refractivity contribution < 1.29 is 18.7 Å². The topological polar surface area (TPSA) is 49.9 Å². The van der Waals surface area contributed by atoms with Crippen LogP contribution in [0.2, 0.25) is 0 Å². The maximum Gasteiger partial charge on any atom is 0.298 e. The second-order valence-electron chi connectivity index (χ2n) is 7.87. The third-order valence-corrected chi connectivity index (χ3v) is 5.68. The number of ether oxygens (including phenoxy) is 1. The van der Waals surface area contributed by atoms with Gasteiger partial charge in [0, 0.05) is 32.2 Å². The van der Waals surface area contributed by atoms with Gasteiger partial charge in [-0.15, -0.1) is 0 Å². The average molecular weight is 425 g/mol. The van der Waals surface area contributed by atoms with Crippen LogP contribution in [0.25, 0.3) is 5.57 Å². The van der Waals surface area contributed by atoms with Crippen molar-refractivity contribution in [1.29, 1.82) is 0 Å². The maximum absolute atomic E-state index is 13.1. The van der Waals surface area contributed by atoms with E-state index in [1.807, 2.05) is 30.1 Å². The van der Waals surface area contributed by atoms with Crippen molar-refractivity contribution in [2.24, 2.45) is 0 Å². The van der Waals surface area contributed by atoms with Crippen LogP contribution in [0.5, 0.6) is 5.75 Å².